The van der Waals surface area contributed by atoms with Crippen LogP contribution in [0, 0.1) is 0 Å². The van der Waals surface area contributed by atoms with Crippen molar-refractivity contribution in [2.75, 3.05) is 20.1 Å². The average molecular weight is 414 g/mol. The van der Waals surface area contributed by atoms with Gasteiger partial charge in [-0.15, -0.1) is 0 Å². The van der Waals surface area contributed by atoms with Crippen LogP contribution in [0.15, 0.2) is 18.2 Å². The fourth-order valence-electron chi connectivity index (χ4n) is 3.43. The van der Waals surface area contributed by atoms with Gasteiger partial charge in [0.05, 0.1) is 6.04 Å². The van der Waals surface area contributed by atoms with E-state index >= 15 is 0 Å². The maximum Gasteiger partial charge on any atom is 0.471 e. The number of rotatable bonds is 4. The Morgan fingerprint density at radius 2 is 1.90 bits per heavy atom. The molecular formula is C21H29F3N2O3. The molecule has 0 bridgehead atoms. The van der Waals surface area contributed by atoms with Crippen molar-refractivity contribution >= 4 is 12.0 Å². The lowest BCUT2D eigenvalue weighted by molar-refractivity contribution is -0.188. The molecule has 0 N–H and O–H groups in total. The van der Waals surface area contributed by atoms with Gasteiger partial charge in [0, 0.05) is 20.1 Å². The summed E-state index contributed by atoms with van der Waals surface area (Å²) in [6.45, 7) is 7.66. The number of hydrogen-bond donors (Lipinski definition) is 0. The van der Waals surface area contributed by atoms with E-state index in [0.717, 1.165) is 34.4 Å². The molecule has 0 aromatic heterocycles. The predicted octanol–water partition coefficient (Wildman–Crippen LogP) is 4.49. The number of carbonyl (C=O) groups excluding carboxylic acids is 2. The molecule has 1 unspecified atom stereocenters. The third-order valence-corrected chi connectivity index (χ3v) is 4.91. The van der Waals surface area contributed by atoms with Crippen LogP contribution in [0.2, 0.25) is 0 Å². The van der Waals surface area contributed by atoms with Gasteiger partial charge in [-0.3, -0.25) is 4.79 Å². The summed E-state index contributed by atoms with van der Waals surface area (Å²) in [7, 11) is 1.69. The number of aryl methyl sites for hydroxylation is 1. The minimum Gasteiger partial charge on any atom is -0.444 e. The number of benzene rings is 1. The van der Waals surface area contributed by atoms with Crippen LogP contribution in [0.1, 0.15) is 56.8 Å². The van der Waals surface area contributed by atoms with E-state index in [4.69, 9.17) is 4.74 Å². The molecule has 1 aromatic carbocycles. The van der Waals surface area contributed by atoms with Gasteiger partial charge in [-0.25, -0.2) is 4.79 Å². The average Bonchev–Trinajstić information content (AvgIpc) is 2.59. The summed E-state index contributed by atoms with van der Waals surface area (Å²) in [4.78, 5) is 26.0. The van der Waals surface area contributed by atoms with Crippen LogP contribution in [-0.2, 0) is 22.4 Å². The van der Waals surface area contributed by atoms with Crippen molar-refractivity contribution in [1.82, 2.24) is 9.80 Å². The molecule has 1 heterocycles. The summed E-state index contributed by atoms with van der Waals surface area (Å²) < 4.78 is 43.6. The minimum absolute atomic E-state index is 0.0529. The Balaban J connectivity index is 1.95. The molecule has 0 fully saturated rings. The quantitative estimate of drug-likeness (QED) is 0.729. The lowest BCUT2D eigenvalue weighted by atomic mass is 9.91. The van der Waals surface area contributed by atoms with Gasteiger partial charge >= 0.3 is 18.2 Å². The molecule has 0 saturated heterocycles. The summed E-state index contributed by atoms with van der Waals surface area (Å²) >= 11 is 0. The van der Waals surface area contributed by atoms with Gasteiger partial charge in [0.2, 0.25) is 0 Å². The summed E-state index contributed by atoms with van der Waals surface area (Å²) in [5, 5.41) is 0. The van der Waals surface area contributed by atoms with Crippen molar-refractivity contribution in [3.8, 4) is 0 Å². The minimum atomic E-state index is -4.86. The lowest BCUT2D eigenvalue weighted by Crippen LogP contribution is -2.45. The molecule has 0 radical (unpaired) electrons. The number of fused-ring (bicyclic) bond motifs is 1. The Labute approximate surface area is 169 Å². The Kier molecular flexibility index (Phi) is 6.86. The molecule has 1 aromatic rings. The van der Waals surface area contributed by atoms with Gasteiger partial charge in [0.1, 0.15) is 5.60 Å². The maximum absolute atomic E-state index is 12.8. The summed E-state index contributed by atoms with van der Waals surface area (Å²) in [6, 6.07) is 5.07. The number of carbonyl (C=O) groups is 2. The highest BCUT2D eigenvalue weighted by molar-refractivity contribution is 5.82. The third-order valence-electron chi connectivity index (χ3n) is 4.91. The normalized spacial score (nSPS) is 17.0. The monoisotopic (exact) mass is 414 g/mol. The van der Waals surface area contributed by atoms with Gasteiger partial charge < -0.3 is 14.5 Å². The first-order valence-electron chi connectivity index (χ1n) is 9.73. The van der Waals surface area contributed by atoms with Crippen LogP contribution in [0.5, 0.6) is 0 Å². The number of alkyl halides is 3. The highest BCUT2D eigenvalue weighted by Crippen LogP contribution is 2.33. The van der Waals surface area contributed by atoms with E-state index < -0.39 is 23.7 Å². The Morgan fingerprint density at radius 3 is 2.48 bits per heavy atom. The van der Waals surface area contributed by atoms with E-state index in [9.17, 15) is 22.8 Å². The molecule has 29 heavy (non-hydrogen) atoms. The molecule has 5 nitrogen and oxygen atoms in total. The largest absolute Gasteiger partial charge is 0.471 e. The molecule has 1 aliphatic heterocycles. The molecule has 1 atom stereocenters. The van der Waals surface area contributed by atoms with Crippen LogP contribution in [0.25, 0.3) is 0 Å². The van der Waals surface area contributed by atoms with Gasteiger partial charge in [0.15, 0.2) is 0 Å². The number of amides is 2. The SMILES string of the molecule is CC1c2ccc(CCCN(C)C(=O)OC(C)(C)C)cc2CCN1C(=O)C(F)(F)F. The second kappa shape index (κ2) is 8.63. The first-order valence-corrected chi connectivity index (χ1v) is 9.73. The zero-order chi connectivity index (χ0) is 22.0. The summed E-state index contributed by atoms with van der Waals surface area (Å²) in [5.74, 6) is -1.79. The standard InChI is InChI=1S/C21H29F3N2O3/c1-14-17-9-8-15(7-6-11-25(5)19(28)29-20(2,3)4)13-16(17)10-12-26(14)18(27)21(22,23)24/h8-9,13-14H,6-7,10-12H2,1-5H3. The van der Waals surface area contributed by atoms with Crippen LogP contribution >= 0.6 is 0 Å². The van der Waals surface area contributed by atoms with Crippen LogP contribution in [0.4, 0.5) is 18.0 Å². The van der Waals surface area contributed by atoms with Crippen molar-refractivity contribution in [3.05, 3.63) is 34.9 Å². The van der Waals surface area contributed by atoms with Gasteiger partial charge in [0.25, 0.3) is 0 Å². The van der Waals surface area contributed by atoms with Crippen molar-refractivity contribution in [2.24, 2.45) is 0 Å². The topological polar surface area (TPSA) is 49.9 Å². The zero-order valence-electron chi connectivity index (χ0n) is 17.6. The summed E-state index contributed by atoms with van der Waals surface area (Å²) in [5.41, 5.74) is 2.25. The molecule has 2 rings (SSSR count). The van der Waals surface area contributed by atoms with E-state index in [2.05, 4.69) is 0 Å². The van der Waals surface area contributed by atoms with Gasteiger partial charge in [-0.2, -0.15) is 13.2 Å². The molecule has 0 aliphatic carbocycles. The van der Waals surface area contributed by atoms with Crippen LogP contribution < -0.4 is 0 Å². The lowest BCUT2D eigenvalue weighted by Gasteiger charge is -2.35. The molecule has 8 heteroatoms. The highest BCUT2D eigenvalue weighted by atomic mass is 19.4. The van der Waals surface area contributed by atoms with E-state index in [1.54, 1.807) is 14.0 Å². The van der Waals surface area contributed by atoms with E-state index in [1.165, 1.54) is 4.90 Å². The van der Waals surface area contributed by atoms with Crippen molar-refractivity contribution in [1.29, 1.82) is 0 Å². The maximum atomic E-state index is 12.8. The molecule has 162 valence electrons. The number of halogens is 3. The van der Waals surface area contributed by atoms with E-state index in [1.807, 2.05) is 39.0 Å². The van der Waals surface area contributed by atoms with Crippen LogP contribution in [-0.4, -0.2) is 53.7 Å². The van der Waals surface area contributed by atoms with Gasteiger partial charge in [-0.1, -0.05) is 18.2 Å². The Hall–Kier alpha value is -2.25. The van der Waals surface area contributed by atoms with Crippen molar-refractivity contribution in [3.63, 3.8) is 0 Å². The third kappa shape index (κ3) is 6.11. The van der Waals surface area contributed by atoms with Crippen LogP contribution in [0.3, 0.4) is 0 Å². The smallest absolute Gasteiger partial charge is 0.444 e. The zero-order valence-corrected chi connectivity index (χ0v) is 17.6. The fourth-order valence-corrected chi connectivity index (χ4v) is 3.43. The van der Waals surface area contributed by atoms with E-state index in [-0.39, 0.29) is 12.6 Å². The second-order valence-electron chi connectivity index (χ2n) is 8.46. The number of hydrogen-bond acceptors (Lipinski definition) is 3. The fraction of sp³-hybridized carbons (Fsp3) is 0.619. The Bertz CT molecular complexity index is 757. The second-order valence-corrected chi connectivity index (χ2v) is 8.46. The number of nitrogens with zero attached hydrogens (tertiary/aromatic N) is 2. The number of ether oxygens (including phenoxy) is 1. The molecular weight excluding hydrogens is 385 g/mol. The molecule has 0 spiro atoms. The first kappa shape index (κ1) is 23.0. The van der Waals surface area contributed by atoms with Crippen molar-refractivity contribution in [2.45, 2.75) is 64.8 Å². The highest BCUT2D eigenvalue weighted by Gasteiger charge is 2.45. The van der Waals surface area contributed by atoms with Crippen molar-refractivity contribution < 1.29 is 27.5 Å². The van der Waals surface area contributed by atoms with Gasteiger partial charge in [-0.05, 0) is 63.6 Å². The molecule has 1 aliphatic rings. The predicted molar refractivity (Wildman–Crippen MR) is 104 cm³/mol. The Morgan fingerprint density at radius 1 is 1.24 bits per heavy atom. The molecule has 2 amide bonds. The summed E-state index contributed by atoms with van der Waals surface area (Å²) in [6.07, 6.45) is -3.35. The molecule has 0 saturated carbocycles. The van der Waals surface area contributed by atoms with E-state index in [0.29, 0.717) is 13.0 Å². The first-order chi connectivity index (χ1) is 13.3.